The maximum Gasteiger partial charge on any atom is 0.172 e. The molecule has 2 atom stereocenters. The quantitative estimate of drug-likeness (QED) is 0.459. The zero-order valence-corrected chi connectivity index (χ0v) is 12.6. The summed E-state index contributed by atoms with van der Waals surface area (Å²) in [5.41, 5.74) is 6.47. The summed E-state index contributed by atoms with van der Waals surface area (Å²) in [6, 6.07) is 2.04. The van der Waals surface area contributed by atoms with Crippen LogP contribution in [0.4, 0.5) is 0 Å². The van der Waals surface area contributed by atoms with Gasteiger partial charge in [0.1, 0.15) is 12.7 Å². The van der Waals surface area contributed by atoms with Crippen molar-refractivity contribution in [1.82, 2.24) is 0 Å². The van der Waals surface area contributed by atoms with E-state index in [1.54, 1.807) is 0 Å². The number of nitrogens with two attached hydrogens (primary N) is 1. The highest BCUT2D eigenvalue weighted by Crippen LogP contribution is 2.70. The summed E-state index contributed by atoms with van der Waals surface area (Å²) in [5.74, 6) is -0.582. The molecule has 6 heteroatoms. The van der Waals surface area contributed by atoms with Crippen LogP contribution in [-0.2, 0) is 4.52 Å². The predicted molar refractivity (Wildman–Crippen MR) is 74.4 cm³/mol. The lowest BCUT2D eigenvalue weighted by molar-refractivity contribution is 0.0883. The second kappa shape index (κ2) is 8.04. The summed E-state index contributed by atoms with van der Waals surface area (Å²) < 4.78 is 5.97. The van der Waals surface area contributed by atoms with Gasteiger partial charge in [-0.3, -0.25) is 5.73 Å². The van der Waals surface area contributed by atoms with Gasteiger partial charge >= 0.3 is 0 Å². The normalized spacial score (nSPS) is 15.8. The molecule has 0 aliphatic carbocycles. The van der Waals surface area contributed by atoms with Gasteiger partial charge in [0.15, 0.2) is 13.3 Å². The van der Waals surface area contributed by atoms with Gasteiger partial charge in [-0.15, -0.1) is 0 Å². The molecule has 18 heavy (non-hydrogen) atoms. The Morgan fingerprint density at radius 3 is 2.11 bits per heavy atom. The van der Waals surface area contributed by atoms with Gasteiger partial charge in [0.25, 0.3) is 0 Å². The molecule has 4 N–H and O–H groups in total. The Labute approximate surface area is 110 Å². The van der Waals surface area contributed by atoms with Gasteiger partial charge in [-0.2, -0.15) is 5.26 Å². The van der Waals surface area contributed by atoms with E-state index < -0.39 is 19.4 Å². The summed E-state index contributed by atoms with van der Waals surface area (Å²) in [5, 5.41) is 27.5. The third-order valence-corrected chi connectivity index (χ3v) is 8.32. The highest BCUT2D eigenvalue weighted by molar-refractivity contribution is 7.73. The topological polar surface area (TPSA) is 99.5 Å². The second-order valence-corrected chi connectivity index (χ2v) is 9.38. The molecule has 0 aromatic rings. The lowest BCUT2D eigenvalue weighted by Gasteiger charge is -2.38. The standard InChI is InChI=1S/C12H26N2O3P/c1-9(2)18(10(3)4,17-7-5-6-13)12(14)11(16)8-15/h9-12,15-16H,5,7-8,14H2,1-4H3/q+1/t11-,12-/m1/s1. The Balaban J connectivity index is 5.16. The monoisotopic (exact) mass is 277 g/mol. The van der Waals surface area contributed by atoms with Crippen molar-refractivity contribution >= 4 is 7.49 Å². The summed E-state index contributed by atoms with van der Waals surface area (Å²) in [7, 11) is -2.12. The third kappa shape index (κ3) is 3.88. The number of aliphatic hydroxyl groups excluding tert-OH is 2. The Bertz CT molecular complexity index is 271. The highest BCUT2D eigenvalue weighted by Gasteiger charge is 2.54. The van der Waals surface area contributed by atoms with Crippen LogP contribution < -0.4 is 5.73 Å². The van der Waals surface area contributed by atoms with Gasteiger partial charge in [-0.1, -0.05) is 0 Å². The molecule has 0 aromatic carbocycles. The van der Waals surface area contributed by atoms with Crippen LogP contribution in [0.15, 0.2) is 0 Å². The van der Waals surface area contributed by atoms with Crippen molar-refractivity contribution in [1.29, 1.82) is 5.26 Å². The number of nitriles is 1. The fraction of sp³-hybridized carbons (Fsp3) is 0.917. The molecule has 0 heterocycles. The molecule has 0 spiro atoms. The Hall–Kier alpha value is -0.240. The molecule has 0 aliphatic rings. The van der Waals surface area contributed by atoms with Gasteiger partial charge in [0.05, 0.1) is 30.4 Å². The van der Waals surface area contributed by atoms with E-state index in [2.05, 4.69) is 0 Å². The summed E-state index contributed by atoms with van der Waals surface area (Å²) >= 11 is 0. The minimum atomic E-state index is -2.12. The van der Waals surface area contributed by atoms with Crippen molar-refractivity contribution in [3.05, 3.63) is 0 Å². The largest absolute Gasteiger partial charge is 0.393 e. The van der Waals surface area contributed by atoms with Crippen LogP contribution in [0.5, 0.6) is 0 Å². The fourth-order valence-corrected chi connectivity index (χ4v) is 6.67. The Kier molecular flexibility index (Phi) is 7.93. The van der Waals surface area contributed by atoms with Gasteiger partial charge in [0.2, 0.25) is 0 Å². The summed E-state index contributed by atoms with van der Waals surface area (Å²) in [4.78, 5) is 0. The van der Waals surface area contributed by atoms with Crippen LogP contribution in [0.2, 0.25) is 0 Å². The molecule has 0 amide bonds. The molecule has 0 saturated heterocycles. The molecule has 0 unspecified atom stereocenters. The van der Waals surface area contributed by atoms with E-state index in [1.807, 2.05) is 33.8 Å². The van der Waals surface area contributed by atoms with E-state index in [-0.39, 0.29) is 17.9 Å². The van der Waals surface area contributed by atoms with E-state index in [0.29, 0.717) is 13.0 Å². The van der Waals surface area contributed by atoms with E-state index >= 15 is 0 Å². The Morgan fingerprint density at radius 1 is 1.28 bits per heavy atom. The van der Waals surface area contributed by atoms with Gasteiger partial charge in [-0.05, 0) is 27.7 Å². The van der Waals surface area contributed by atoms with Crippen LogP contribution >= 0.6 is 7.49 Å². The molecular formula is C12H26N2O3P+. The molecular weight excluding hydrogens is 251 g/mol. The number of rotatable bonds is 8. The molecule has 0 radical (unpaired) electrons. The lowest BCUT2D eigenvalue weighted by Crippen LogP contribution is -2.44. The van der Waals surface area contributed by atoms with E-state index in [1.165, 1.54) is 0 Å². The fourth-order valence-electron chi connectivity index (χ4n) is 2.30. The van der Waals surface area contributed by atoms with Crippen molar-refractivity contribution in [2.45, 2.75) is 57.3 Å². The molecule has 0 aliphatic heterocycles. The van der Waals surface area contributed by atoms with Gasteiger partial charge in [-0.25, -0.2) is 4.52 Å². The number of nitrogens with zero attached hydrogens (tertiary/aromatic N) is 1. The lowest BCUT2D eigenvalue weighted by atomic mass is 10.4. The third-order valence-electron chi connectivity index (χ3n) is 3.19. The van der Waals surface area contributed by atoms with E-state index in [9.17, 15) is 5.11 Å². The molecule has 0 saturated carbocycles. The molecule has 5 nitrogen and oxygen atoms in total. The summed E-state index contributed by atoms with van der Waals surface area (Å²) in [6.07, 6.45) is -0.673. The average Bonchev–Trinajstić information content (AvgIpc) is 2.32. The molecule has 0 aromatic heterocycles. The van der Waals surface area contributed by atoms with Crippen molar-refractivity contribution in [3.8, 4) is 6.07 Å². The zero-order chi connectivity index (χ0) is 14.3. The summed E-state index contributed by atoms with van der Waals surface area (Å²) in [6.45, 7) is 8.03. The van der Waals surface area contributed by atoms with Crippen molar-refractivity contribution < 1.29 is 14.7 Å². The first-order valence-electron chi connectivity index (χ1n) is 6.28. The SMILES string of the molecule is CC(C)[P+](OCCC#N)(C(C)C)[C@@H](N)[C@H](O)CO. The predicted octanol–water partition coefficient (Wildman–Crippen LogP) is 1.30. The van der Waals surface area contributed by atoms with Crippen LogP contribution in [0.25, 0.3) is 0 Å². The minimum absolute atomic E-state index is 0.174. The molecule has 0 rings (SSSR count). The molecule has 0 fully saturated rings. The molecule has 0 bridgehead atoms. The minimum Gasteiger partial charge on any atom is -0.393 e. The number of hydrogen-bond donors (Lipinski definition) is 3. The van der Waals surface area contributed by atoms with Crippen LogP contribution in [0, 0.1) is 11.3 Å². The van der Waals surface area contributed by atoms with Crippen molar-refractivity contribution in [2.24, 2.45) is 5.73 Å². The zero-order valence-electron chi connectivity index (χ0n) is 11.7. The number of aliphatic hydroxyl groups is 2. The van der Waals surface area contributed by atoms with Gasteiger partial charge < -0.3 is 10.2 Å². The van der Waals surface area contributed by atoms with Crippen molar-refractivity contribution in [2.75, 3.05) is 13.2 Å². The van der Waals surface area contributed by atoms with E-state index in [0.717, 1.165) is 0 Å². The second-order valence-electron chi connectivity index (χ2n) is 4.93. The van der Waals surface area contributed by atoms with Crippen molar-refractivity contribution in [3.63, 3.8) is 0 Å². The number of hydrogen-bond acceptors (Lipinski definition) is 5. The first-order valence-corrected chi connectivity index (χ1v) is 8.20. The van der Waals surface area contributed by atoms with E-state index in [4.69, 9.17) is 20.6 Å². The first-order chi connectivity index (χ1) is 8.34. The maximum absolute atomic E-state index is 9.82. The maximum atomic E-state index is 9.82. The average molecular weight is 277 g/mol. The smallest absolute Gasteiger partial charge is 0.172 e. The van der Waals surface area contributed by atoms with Crippen LogP contribution in [0.1, 0.15) is 34.1 Å². The molecule has 106 valence electrons. The van der Waals surface area contributed by atoms with Crippen LogP contribution in [0.3, 0.4) is 0 Å². The van der Waals surface area contributed by atoms with Crippen LogP contribution in [-0.4, -0.2) is 46.6 Å². The highest BCUT2D eigenvalue weighted by atomic mass is 31.2. The first kappa shape index (κ1) is 17.8. The van der Waals surface area contributed by atoms with Gasteiger partial charge in [0, 0.05) is 0 Å². The Morgan fingerprint density at radius 2 is 1.78 bits per heavy atom.